The molecule has 3 atom stereocenters. The Bertz CT molecular complexity index is 525. The average Bonchev–Trinajstić information content (AvgIpc) is 3.08. The predicted octanol–water partition coefficient (Wildman–Crippen LogP) is 2.74. The molecule has 2 aliphatic rings. The van der Waals surface area contributed by atoms with Gasteiger partial charge in [0.15, 0.2) is 0 Å². The molecule has 1 heterocycles. The van der Waals surface area contributed by atoms with E-state index in [4.69, 9.17) is 0 Å². The van der Waals surface area contributed by atoms with Crippen molar-refractivity contribution >= 4 is 23.2 Å². The van der Waals surface area contributed by atoms with Crippen LogP contribution in [0.1, 0.15) is 48.6 Å². The van der Waals surface area contributed by atoms with Crippen molar-refractivity contribution in [2.24, 2.45) is 11.8 Å². The zero-order valence-electron chi connectivity index (χ0n) is 11.3. The molecular weight excluding hydrogens is 274 g/mol. The summed E-state index contributed by atoms with van der Waals surface area (Å²) >= 11 is 1.75. The normalized spacial score (nSPS) is 28.9. The first-order valence-electron chi connectivity index (χ1n) is 7.26. The van der Waals surface area contributed by atoms with Crippen molar-refractivity contribution in [3.63, 3.8) is 0 Å². The fraction of sp³-hybridized carbons (Fsp3) is 0.600. The lowest BCUT2D eigenvalue weighted by Gasteiger charge is -2.26. The van der Waals surface area contributed by atoms with Crippen molar-refractivity contribution < 1.29 is 14.7 Å². The van der Waals surface area contributed by atoms with Gasteiger partial charge in [0.05, 0.1) is 17.9 Å². The van der Waals surface area contributed by atoms with Crippen molar-refractivity contribution in [1.82, 2.24) is 5.32 Å². The van der Waals surface area contributed by atoms with Gasteiger partial charge in [0.2, 0.25) is 5.91 Å². The summed E-state index contributed by atoms with van der Waals surface area (Å²) in [4.78, 5) is 24.9. The van der Waals surface area contributed by atoms with Crippen molar-refractivity contribution in [2.75, 3.05) is 0 Å². The van der Waals surface area contributed by atoms with E-state index in [-0.39, 0.29) is 17.9 Å². The number of carboxylic acid groups (broad SMARTS) is 1. The molecule has 1 unspecified atom stereocenters. The molecule has 108 valence electrons. The van der Waals surface area contributed by atoms with Crippen molar-refractivity contribution in [3.8, 4) is 0 Å². The second-order valence-corrected chi connectivity index (χ2v) is 6.74. The smallest absolute Gasteiger partial charge is 0.307 e. The highest BCUT2D eigenvalue weighted by Crippen LogP contribution is 2.36. The van der Waals surface area contributed by atoms with Gasteiger partial charge in [0, 0.05) is 4.88 Å². The van der Waals surface area contributed by atoms with Gasteiger partial charge in [-0.25, -0.2) is 0 Å². The van der Waals surface area contributed by atoms with Crippen molar-refractivity contribution in [2.45, 2.75) is 44.6 Å². The Morgan fingerprint density at radius 1 is 1.20 bits per heavy atom. The minimum atomic E-state index is -0.831. The van der Waals surface area contributed by atoms with E-state index in [1.165, 1.54) is 10.4 Å². The molecule has 0 radical (unpaired) electrons. The lowest BCUT2D eigenvalue weighted by atomic mass is 9.91. The van der Waals surface area contributed by atoms with Crippen LogP contribution >= 0.6 is 11.3 Å². The largest absolute Gasteiger partial charge is 0.481 e. The molecule has 0 aromatic carbocycles. The standard InChI is InChI=1S/C15H19NO3S/c17-14(9-3-1-4-10(9)15(18)19)16-12-5-2-6-13-11(12)7-8-20-13/h7-10,12H,1-6H2,(H,16,17)(H,18,19)/t9-,10+,12?/m1/s1. The highest BCUT2D eigenvalue weighted by atomic mass is 32.1. The van der Waals surface area contributed by atoms with E-state index in [9.17, 15) is 14.7 Å². The van der Waals surface area contributed by atoms with E-state index in [0.29, 0.717) is 12.8 Å². The van der Waals surface area contributed by atoms with Gasteiger partial charge < -0.3 is 10.4 Å². The van der Waals surface area contributed by atoms with Crippen LogP contribution < -0.4 is 5.32 Å². The maximum atomic E-state index is 12.4. The summed E-state index contributed by atoms with van der Waals surface area (Å²) in [5.74, 6) is -1.75. The van der Waals surface area contributed by atoms with Gasteiger partial charge in [-0.15, -0.1) is 11.3 Å². The molecule has 3 rings (SSSR count). The van der Waals surface area contributed by atoms with Crippen LogP contribution in [0.5, 0.6) is 0 Å². The van der Waals surface area contributed by atoms with Crippen LogP contribution in [0.25, 0.3) is 0 Å². The van der Waals surface area contributed by atoms with Crippen molar-refractivity contribution in [1.29, 1.82) is 0 Å². The molecule has 0 spiro atoms. The van der Waals surface area contributed by atoms with E-state index >= 15 is 0 Å². The molecule has 1 aromatic rings. The summed E-state index contributed by atoms with van der Waals surface area (Å²) in [5, 5.41) is 14.4. The molecule has 20 heavy (non-hydrogen) atoms. The molecule has 2 aliphatic carbocycles. The zero-order valence-corrected chi connectivity index (χ0v) is 12.1. The first-order chi connectivity index (χ1) is 9.66. The molecule has 1 fully saturated rings. The number of carboxylic acids is 1. The SMILES string of the molecule is O=C(O)[C@H]1CCC[C@H]1C(=O)NC1CCCc2sccc21. The van der Waals surface area contributed by atoms with E-state index in [2.05, 4.69) is 16.8 Å². The summed E-state index contributed by atoms with van der Waals surface area (Å²) in [6.07, 6.45) is 5.31. The number of rotatable bonds is 3. The van der Waals surface area contributed by atoms with E-state index in [1.807, 2.05) is 0 Å². The monoisotopic (exact) mass is 293 g/mol. The second kappa shape index (κ2) is 5.56. The van der Waals surface area contributed by atoms with Crippen LogP contribution in [0.3, 0.4) is 0 Å². The molecule has 1 amide bonds. The van der Waals surface area contributed by atoms with Gasteiger partial charge in [0.1, 0.15) is 0 Å². The third kappa shape index (κ3) is 2.46. The fourth-order valence-corrected chi connectivity index (χ4v) is 4.47. The van der Waals surface area contributed by atoms with Gasteiger partial charge >= 0.3 is 5.97 Å². The Labute approximate surface area is 122 Å². The van der Waals surface area contributed by atoms with Crippen LogP contribution in [0, 0.1) is 11.8 Å². The van der Waals surface area contributed by atoms with E-state index in [0.717, 1.165) is 25.7 Å². The third-order valence-corrected chi connectivity index (χ3v) is 5.53. The number of aliphatic carboxylic acids is 1. The number of aryl methyl sites for hydroxylation is 1. The third-order valence-electron chi connectivity index (χ3n) is 4.54. The number of hydrogen-bond acceptors (Lipinski definition) is 3. The summed E-state index contributed by atoms with van der Waals surface area (Å²) in [5.41, 5.74) is 1.24. The number of nitrogens with one attached hydrogen (secondary N) is 1. The summed E-state index contributed by atoms with van der Waals surface area (Å²) in [6.45, 7) is 0. The van der Waals surface area contributed by atoms with Gasteiger partial charge in [0.25, 0.3) is 0 Å². The Morgan fingerprint density at radius 3 is 2.80 bits per heavy atom. The lowest BCUT2D eigenvalue weighted by Crippen LogP contribution is -2.38. The molecule has 0 saturated heterocycles. The van der Waals surface area contributed by atoms with Crippen LogP contribution in [0.2, 0.25) is 0 Å². The Balaban J connectivity index is 1.70. The summed E-state index contributed by atoms with van der Waals surface area (Å²) in [6, 6.07) is 2.17. The van der Waals surface area contributed by atoms with Crippen LogP contribution in [0.4, 0.5) is 0 Å². The minimum Gasteiger partial charge on any atom is -0.481 e. The molecule has 0 aliphatic heterocycles. The van der Waals surface area contributed by atoms with Crippen LogP contribution in [0.15, 0.2) is 11.4 Å². The van der Waals surface area contributed by atoms with Gasteiger partial charge in [-0.2, -0.15) is 0 Å². The first-order valence-corrected chi connectivity index (χ1v) is 8.14. The van der Waals surface area contributed by atoms with Gasteiger partial charge in [-0.05, 0) is 49.1 Å². The molecule has 4 nitrogen and oxygen atoms in total. The predicted molar refractivity (Wildman–Crippen MR) is 76.6 cm³/mol. The van der Waals surface area contributed by atoms with E-state index < -0.39 is 11.9 Å². The van der Waals surface area contributed by atoms with Crippen LogP contribution in [-0.2, 0) is 16.0 Å². The van der Waals surface area contributed by atoms with Crippen molar-refractivity contribution in [3.05, 3.63) is 21.9 Å². The highest BCUT2D eigenvalue weighted by Gasteiger charge is 2.38. The number of carbonyl (C=O) groups is 2. The lowest BCUT2D eigenvalue weighted by molar-refractivity contribution is -0.146. The number of amides is 1. The molecule has 1 aromatic heterocycles. The number of carbonyl (C=O) groups excluding carboxylic acids is 1. The topological polar surface area (TPSA) is 66.4 Å². The first kappa shape index (κ1) is 13.6. The fourth-order valence-electron chi connectivity index (χ4n) is 3.48. The Hall–Kier alpha value is -1.36. The second-order valence-electron chi connectivity index (χ2n) is 5.73. The van der Waals surface area contributed by atoms with Gasteiger partial charge in [-0.1, -0.05) is 6.42 Å². The Morgan fingerprint density at radius 2 is 2.00 bits per heavy atom. The Kier molecular flexibility index (Phi) is 3.78. The molecule has 2 N–H and O–H groups in total. The minimum absolute atomic E-state index is 0.0704. The molecular formula is C15H19NO3S. The quantitative estimate of drug-likeness (QED) is 0.900. The number of thiophene rings is 1. The summed E-state index contributed by atoms with van der Waals surface area (Å²) < 4.78 is 0. The summed E-state index contributed by atoms with van der Waals surface area (Å²) in [7, 11) is 0. The molecule has 1 saturated carbocycles. The number of hydrogen-bond donors (Lipinski definition) is 2. The van der Waals surface area contributed by atoms with E-state index in [1.54, 1.807) is 11.3 Å². The van der Waals surface area contributed by atoms with Gasteiger partial charge in [-0.3, -0.25) is 9.59 Å². The molecule has 0 bridgehead atoms. The number of fused-ring (bicyclic) bond motifs is 1. The average molecular weight is 293 g/mol. The highest BCUT2D eigenvalue weighted by molar-refractivity contribution is 7.10. The maximum Gasteiger partial charge on any atom is 0.307 e. The maximum absolute atomic E-state index is 12.4. The van der Waals surface area contributed by atoms with Crippen LogP contribution in [-0.4, -0.2) is 17.0 Å². The zero-order chi connectivity index (χ0) is 14.1. The molecule has 5 heteroatoms.